The minimum atomic E-state index is -0.0941. The van der Waals surface area contributed by atoms with Gasteiger partial charge in [-0.2, -0.15) is 0 Å². The second kappa shape index (κ2) is 7.02. The molecule has 1 aliphatic heterocycles. The number of ketones is 2. The summed E-state index contributed by atoms with van der Waals surface area (Å²) in [4.78, 5) is 26.7. The van der Waals surface area contributed by atoms with Crippen molar-refractivity contribution < 1.29 is 14.3 Å². The Bertz CT molecular complexity index is 457. The number of fused-ring (bicyclic) bond motifs is 2. The fraction of sp³-hybridized carbons (Fsp3) is 0.765. The van der Waals surface area contributed by atoms with Crippen molar-refractivity contribution in [2.75, 3.05) is 45.9 Å². The van der Waals surface area contributed by atoms with Crippen molar-refractivity contribution in [2.45, 2.75) is 13.3 Å². The summed E-state index contributed by atoms with van der Waals surface area (Å²) in [5.74, 6) is 0.784. The Hall–Kier alpha value is -1.04. The number of hydrogen-bond acceptors (Lipinski definition) is 5. The van der Waals surface area contributed by atoms with Gasteiger partial charge in [-0.25, -0.2) is 0 Å². The molecular formula is C17H26N2O3. The monoisotopic (exact) mass is 306 g/mol. The van der Waals surface area contributed by atoms with E-state index < -0.39 is 0 Å². The minimum Gasteiger partial charge on any atom is -0.379 e. The Morgan fingerprint density at radius 2 is 1.86 bits per heavy atom. The van der Waals surface area contributed by atoms with E-state index in [0.717, 1.165) is 45.8 Å². The van der Waals surface area contributed by atoms with E-state index in [4.69, 9.17) is 4.74 Å². The molecule has 1 saturated carbocycles. The first kappa shape index (κ1) is 15.8. The molecule has 1 N–H and O–H groups in total. The topological polar surface area (TPSA) is 58.6 Å². The normalized spacial score (nSPS) is 34.2. The zero-order valence-electron chi connectivity index (χ0n) is 13.3. The van der Waals surface area contributed by atoms with Crippen LogP contribution in [0.1, 0.15) is 13.3 Å². The third-order valence-electron chi connectivity index (χ3n) is 5.31. The summed E-state index contributed by atoms with van der Waals surface area (Å²) in [7, 11) is 0. The second-order valence-corrected chi connectivity index (χ2v) is 6.71. The third-order valence-corrected chi connectivity index (χ3v) is 5.31. The van der Waals surface area contributed by atoms with Crippen LogP contribution in [0.15, 0.2) is 12.2 Å². The molecule has 5 heteroatoms. The van der Waals surface area contributed by atoms with Crippen LogP contribution in [0.2, 0.25) is 0 Å². The van der Waals surface area contributed by atoms with Crippen LogP contribution in [-0.2, 0) is 14.3 Å². The predicted molar refractivity (Wildman–Crippen MR) is 83.5 cm³/mol. The number of nitrogens with one attached hydrogen (secondary N) is 1. The Morgan fingerprint density at radius 3 is 2.55 bits per heavy atom. The summed E-state index contributed by atoms with van der Waals surface area (Å²) in [5.41, 5.74) is 0. The van der Waals surface area contributed by atoms with Crippen LogP contribution in [0.25, 0.3) is 0 Å². The molecule has 0 aromatic carbocycles. The van der Waals surface area contributed by atoms with Gasteiger partial charge < -0.3 is 10.1 Å². The van der Waals surface area contributed by atoms with Crippen molar-refractivity contribution in [1.29, 1.82) is 0 Å². The van der Waals surface area contributed by atoms with Gasteiger partial charge in [-0.3, -0.25) is 14.5 Å². The maximum Gasteiger partial charge on any atom is 0.151 e. The van der Waals surface area contributed by atoms with E-state index in [1.165, 1.54) is 0 Å². The Morgan fingerprint density at radius 1 is 1.18 bits per heavy atom. The van der Waals surface area contributed by atoms with Gasteiger partial charge in [0, 0.05) is 38.0 Å². The summed E-state index contributed by atoms with van der Waals surface area (Å²) >= 11 is 0. The second-order valence-electron chi connectivity index (χ2n) is 6.71. The smallest absolute Gasteiger partial charge is 0.151 e. The maximum atomic E-state index is 12.5. The molecule has 122 valence electrons. The fourth-order valence-electron chi connectivity index (χ4n) is 4.21. The molecule has 1 saturated heterocycles. The lowest BCUT2D eigenvalue weighted by atomic mass is 9.78. The number of ether oxygens (including phenoxy) is 1. The molecule has 0 aromatic heterocycles. The van der Waals surface area contributed by atoms with Crippen LogP contribution in [0.3, 0.4) is 0 Å². The molecule has 5 nitrogen and oxygen atoms in total. The van der Waals surface area contributed by atoms with Crippen LogP contribution >= 0.6 is 0 Å². The molecule has 0 amide bonds. The first-order chi connectivity index (χ1) is 10.7. The molecule has 3 rings (SSSR count). The predicted octanol–water partition coefficient (Wildman–Crippen LogP) is 0.505. The highest BCUT2D eigenvalue weighted by molar-refractivity contribution is 5.91. The van der Waals surface area contributed by atoms with Crippen molar-refractivity contribution >= 4 is 11.6 Å². The molecule has 2 fully saturated rings. The molecular weight excluding hydrogens is 280 g/mol. The Kier molecular flexibility index (Phi) is 5.06. The summed E-state index contributed by atoms with van der Waals surface area (Å²) < 4.78 is 5.32. The number of morpholine rings is 1. The van der Waals surface area contributed by atoms with E-state index in [9.17, 15) is 9.59 Å². The highest BCUT2D eigenvalue weighted by Gasteiger charge is 2.49. The molecule has 3 aliphatic rings. The van der Waals surface area contributed by atoms with Crippen LogP contribution in [0, 0.1) is 23.7 Å². The van der Waals surface area contributed by atoms with E-state index in [0.29, 0.717) is 12.5 Å². The summed E-state index contributed by atoms with van der Waals surface area (Å²) in [6.45, 7) is 7.32. The van der Waals surface area contributed by atoms with Gasteiger partial charge in [0.05, 0.1) is 19.8 Å². The minimum absolute atomic E-state index is 0.0801. The maximum absolute atomic E-state index is 12.5. The summed E-state index contributed by atoms with van der Waals surface area (Å²) in [6.07, 6.45) is 5.25. The average molecular weight is 306 g/mol. The molecule has 2 aliphatic carbocycles. The highest BCUT2D eigenvalue weighted by Crippen LogP contribution is 2.48. The zero-order chi connectivity index (χ0) is 15.5. The van der Waals surface area contributed by atoms with Gasteiger partial charge in [0.15, 0.2) is 5.78 Å². The van der Waals surface area contributed by atoms with Gasteiger partial charge in [0.1, 0.15) is 5.78 Å². The molecule has 0 radical (unpaired) electrons. The lowest BCUT2D eigenvalue weighted by Gasteiger charge is -2.27. The largest absolute Gasteiger partial charge is 0.379 e. The van der Waals surface area contributed by atoms with E-state index in [1.807, 2.05) is 0 Å². The summed E-state index contributed by atoms with van der Waals surface area (Å²) in [5, 5.41) is 3.26. The van der Waals surface area contributed by atoms with Crippen LogP contribution < -0.4 is 5.32 Å². The SMILES string of the molecule is CC(=O)C1C2C=CC(C2)C1C(=O)CNCCN1CCOCC1. The van der Waals surface area contributed by atoms with Crippen molar-refractivity contribution in [1.82, 2.24) is 10.2 Å². The Labute approximate surface area is 132 Å². The zero-order valence-corrected chi connectivity index (χ0v) is 13.3. The lowest BCUT2D eigenvalue weighted by molar-refractivity contribution is -0.131. The molecule has 1 heterocycles. The van der Waals surface area contributed by atoms with Crippen LogP contribution in [0.5, 0.6) is 0 Å². The van der Waals surface area contributed by atoms with E-state index >= 15 is 0 Å². The Balaban J connectivity index is 1.43. The van der Waals surface area contributed by atoms with Gasteiger partial charge in [0.2, 0.25) is 0 Å². The van der Waals surface area contributed by atoms with E-state index in [2.05, 4.69) is 22.4 Å². The highest BCUT2D eigenvalue weighted by atomic mass is 16.5. The van der Waals surface area contributed by atoms with E-state index in [-0.39, 0.29) is 29.3 Å². The van der Waals surface area contributed by atoms with E-state index in [1.54, 1.807) is 6.92 Å². The molecule has 4 unspecified atom stereocenters. The number of rotatable bonds is 7. The first-order valence-electron chi connectivity index (χ1n) is 8.39. The average Bonchev–Trinajstić information content (AvgIpc) is 3.13. The van der Waals surface area contributed by atoms with Crippen LogP contribution in [-0.4, -0.2) is 62.4 Å². The van der Waals surface area contributed by atoms with Gasteiger partial charge in [-0.1, -0.05) is 12.2 Å². The quantitative estimate of drug-likeness (QED) is 0.548. The number of carbonyl (C=O) groups is 2. The van der Waals surface area contributed by atoms with Gasteiger partial charge in [0.25, 0.3) is 0 Å². The third kappa shape index (κ3) is 3.31. The number of allylic oxidation sites excluding steroid dienone is 2. The van der Waals surface area contributed by atoms with Crippen molar-refractivity contribution in [2.24, 2.45) is 23.7 Å². The lowest BCUT2D eigenvalue weighted by Crippen LogP contribution is -2.42. The molecule has 0 spiro atoms. The number of carbonyl (C=O) groups excluding carboxylic acids is 2. The van der Waals surface area contributed by atoms with Crippen molar-refractivity contribution in [3.8, 4) is 0 Å². The number of nitrogens with zero attached hydrogens (tertiary/aromatic N) is 1. The van der Waals surface area contributed by atoms with Gasteiger partial charge in [-0.05, 0) is 25.2 Å². The first-order valence-corrected chi connectivity index (χ1v) is 8.39. The molecule has 2 bridgehead atoms. The molecule has 0 aromatic rings. The molecule has 22 heavy (non-hydrogen) atoms. The van der Waals surface area contributed by atoms with Crippen LogP contribution in [0.4, 0.5) is 0 Å². The summed E-state index contributed by atoms with van der Waals surface area (Å²) in [6, 6.07) is 0. The number of Topliss-reactive ketones (excluding diaryl/α,β-unsaturated/α-hetero) is 2. The standard InChI is InChI=1S/C17H26N2O3/c1-12(20)16-13-2-3-14(10-13)17(16)15(21)11-18-4-5-19-6-8-22-9-7-19/h2-3,13-14,16-18H,4-11H2,1H3. The fourth-order valence-corrected chi connectivity index (χ4v) is 4.21. The molecule has 4 atom stereocenters. The van der Waals surface area contributed by atoms with Gasteiger partial charge in [-0.15, -0.1) is 0 Å². The van der Waals surface area contributed by atoms with Crippen molar-refractivity contribution in [3.63, 3.8) is 0 Å². The number of hydrogen-bond donors (Lipinski definition) is 1. The van der Waals surface area contributed by atoms with Crippen molar-refractivity contribution in [3.05, 3.63) is 12.2 Å². The van der Waals surface area contributed by atoms with Gasteiger partial charge >= 0.3 is 0 Å².